The minimum absolute atomic E-state index is 0.0753. The van der Waals surface area contributed by atoms with Crippen molar-refractivity contribution in [2.75, 3.05) is 26.8 Å². The maximum atomic E-state index is 10.6. The lowest BCUT2D eigenvalue weighted by Crippen LogP contribution is -2.44. The predicted octanol–water partition coefficient (Wildman–Crippen LogP) is -1.66. The van der Waals surface area contributed by atoms with E-state index in [0.29, 0.717) is 6.54 Å². The first kappa shape index (κ1) is 12.7. The number of hydrogen-bond donors (Lipinski definition) is 4. The van der Waals surface area contributed by atoms with Crippen LogP contribution in [0.15, 0.2) is 0 Å². The normalized spacial score (nSPS) is 12.1. The Morgan fingerprint density at radius 3 is 2.57 bits per heavy atom. The third-order valence-corrected chi connectivity index (χ3v) is 1.45. The number of nitrogens with one attached hydrogen (secondary N) is 2. The van der Waals surface area contributed by atoms with Crippen LogP contribution in [0.4, 0.5) is 4.79 Å². The smallest absolute Gasteiger partial charge is 0.323 e. The summed E-state index contributed by atoms with van der Waals surface area (Å²) in [6, 6.07) is -1.40. The molecular formula is C7H15N3O4. The molecule has 14 heavy (non-hydrogen) atoms. The average Bonchev–Trinajstić information content (AvgIpc) is 2.09. The highest BCUT2D eigenvalue weighted by molar-refractivity contribution is 5.73. The largest absolute Gasteiger partial charge is 0.480 e. The van der Waals surface area contributed by atoms with Crippen LogP contribution in [0.5, 0.6) is 0 Å². The number of carboxylic acids is 1. The minimum Gasteiger partial charge on any atom is -0.480 e. The standard InChI is InChI=1S/C7H15N3O4/c1-14-4-5(6(11)12)9-2-3-10-7(8)13/h5,9H,2-4H2,1H3,(H,11,12)(H3,8,10,13). The molecule has 0 aromatic rings. The summed E-state index contributed by atoms with van der Waals surface area (Å²) in [7, 11) is 1.42. The number of hydrogen-bond acceptors (Lipinski definition) is 4. The fourth-order valence-corrected chi connectivity index (χ4v) is 0.816. The summed E-state index contributed by atoms with van der Waals surface area (Å²) in [5.74, 6) is -0.995. The Balaban J connectivity index is 3.61. The van der Waals surface area contributed by atoms with Crippen molar-refractivity contribution in [3.63, 3.8) is 0 Å². The van der Waals surface area contributed by atoms with Crippen LogP contribution in [-0.4, -0.2) is 50.0 Å². The van der Waals surface area contributed by atoms with Gasteiger partial charge in [0.1, 0.15) is 6.04 Å². The van der Waals surface area contributed by atoms with E-state index in [1.807, 2.05) is 0 Å². The van der Waals surface area contributed by atoms with Crippen LogP contribution in [0.3, 0.4) is 0 Å². The zero-order chi connectivity index (χ0) is 11.0. The Kier molecular flexibility index (Phi) is 6.42. The fraction of sp³-hybridized carbons (Fsp3) is 0.714. The van der Waals surface area contributed by atoms with Crippen LogP contribution in [-0.2, 0) is 9.53 Å². The number of nitrogens with two attached hydrogens (primary N) is 1. The number of rotatable bonds is 7. The van der Waals surface area contributed by atoms with Crippen LogP contribution in [0, 0.1) is 0 Å². The van der Waals surface area contributed by atoms with Gasteiger partial charge in [0.15, 0.2) is 0 Å². The molecule has 0 aliphatic heterocycles. The van der Waals surface area contributed by atoms with E-state index in [2.05, 4.69) is 15.4 Å². The number of primary amides is 1. The van der Waals surface area contributed by atoms with Crippen LogP contribution in [0.1, 0.15) is 0 Å². The van der Waals surface area contributed by atoms with Gasteiger partial charge < -0.3 is 26.2 Å². The van der Waals surface area contributed by atoms with Crippen molar-refractivity contribution in [3.8, 4) is 0 Å². The van der Waals surface area contributed by atoms with Gasteiger partial charge in [0.05, 0.1) is 6.61 Å². The molecule has 1 unspecified atom stereocenters. The van der Waals surface area contributed by atoms with E-state index in [-0.39, 0.29) is 13.2 Å². The predicted molar refractivity (Wildman–Crippen MR) is 48.9 cm³/mol. The van der Waals surface area contributed by atoms with Gasteiger partial charge in [-0.15, -0.1) is 0 Å². The van der Waals surface area contributed by atoms with Gasteiger partial charge in [-0.1, -0.05) is 0 Å². The molecule has 7 heteroatoms. The van der Waals surface area contributed by atoms with Gasteiger partial charge in [0.2, 0.25) is 0 Å². The van der Waals surface area contributed by atoms with E-state index >= 15 is 0 Å². The second kappa shape index (κ2) is 7.10. The molecule has 2 amide bonds. The van der Waals surface area contributed by atoms with Gasteiger partial charge in [-0.2, -0.15) is 0 Å². The molecule has 0 radical (unpaired) electrons. The van der Waals surface area contributed by atoms with Crippen molar-refractivity contribution in [1.29, 1.82) is 0 Å². The Bertz CT molecular complexity index is 197. The van der Waals surface area contributed by atoms with Crippen LogP contribution < -0.4 is 16.4 Å². The molecule has 0 aromatic heterocycles. The number of methoxy groups -OCH3 is 1. The number of ether oxygens (including phenoxy) is 1. The molecule has 0 aliphatic carbocycles. The average molecular weight is 205 g/mol. The summed E-state index contributed by atoms with van der Waals surface area (Å²) in [6.45, 7) is 0.679. The first-order chi connectivity index (χ1) is 6.57. The molecule has 0 bridgehead atoms. The third kappa shape index (κ3) is 6.21. The highest BCUT2D eigenvalue weighted by atomic mass is 16.5. The first-order valence-electron chi connectivity index (χ1n) is 4.06. The van der Waals surface area contributed by atoms with Crippen molar-refractivity contribution in [2.24, 2.45) is 5.73 Å². The molecule has 0 aromatic carbocycles. The summed E-state index contributed by atoms with van der Waals surface area (Å²) in [5, 5.41) is 13.7. The van der Waals surface area contributed by atoms with Crippen LogP contribution in [0.2, 0.25) is 0 Å². The van der Waals surface area contributed by atoms with Crippen LogP contribution in [0.25, 0.3) is 0 Å². The lowest BCUT2D eigenvalue weighted by molar-refractivity contribution is -0.140. The second-order valence-electron chi connectivity index (χ2n) is 2.59. The fourth-order valence-electron chi connectivity index (χ4n) is 0.816. The summed E-state index contributed by atoms with van der Waals surface area (Å²) in [6.07, 6.45) is 0. The summed E-state index contributed by atoms with van der Waals surface area (Å²) < 4.78 is 4.69. The van der Waals surface area contributed by atoms with E-state index in [0.717, 1.165) is 0 Å². The molecule has 82 valence electrons. The topological polar surface area (TPSA) is 114 Å². The van der Waals surface area contributed by atoms with Gasteiger partial charge in [-0.3, -0.25) is 4.79 Å². The van der Waals surface area contributed by atoms with Crippen molar-refractivity contribution in [3.05, 3.63) is 0 Å². The van der Waals surface area contributed by atoms with Gasteiger partial charge in [0.25, 0.3) is 0 Å². The third-order valence-electron chi connectivity index (χ3n) is 1.45. The molecule has 1 atom stereocenters. The highest BCUT2D eigenvalue weighted by Crippen LogP contribution is 1.84. The zero-order valence-electron chi connectivity index (χ0n) is 7.95. The quantitative estimate of drug-likeness (QED) is 0.372. The van der Waals surface area contributed by atoms with Gasteiger partial charge in [-0.05, 0) is 0 Å². The zero-order valence-corrected chi connectivity index (χ0v) is 7.95. The second-order valence-corrected chi connectivity index (χ2v) is 2.59. The van der Waals surface area contributed by atoms with Crippen molar-refractivity contribution < 1.29 is 19.4 Å². The van der Waals surface area contributed by atoms with Crippen molar-refractivity contribution in [1.82, 2.24) is 10.6 Å². The van der Waals surface area contributed by atoms with E-state index < -0.39 is 18.0 Å². The van der Waals surface area contributed by atoms with Gasteiger partial charge >= 0.3 is 12.0 Å². The maximum Gasteiger partial charge on any atom is 0.323 e. The maximum absolute atomic E-state index is 10.6. The monoisotopic (exact) mass is 205 g/mol. The molecule has 0 fully saturated rings. The highest BCUT2D eigenvalue weighted by Gasteiger charge is 2.15. The summed E-state index contributed by atoms with van der Waals surface area (Å²) in [5.41, 5.74) is 4.81. The molecule has 0 saturated heterocycles. The number of carbonyl (C=O) groups is 2. The van der Waals surface area contributed by atoms with Crippen molar-refractivity contribution in [2.45, 2.75) is 6.04 Å². The lowest BCUT2D eigenvalue weighted by atomic mass is 10.3. The van der Waals surface area contributed by atoms with Crippen LogP contribution >= 0.6 is 0 Å². The van der Waals surface area contributed by atoms with Gasteiger partial charge in [-0.25, -0.2) is 4.79 Å². The molecule has 0 aliphatic rings. The Morgan fingerprint density at radius 2 is 2.14 bits per heavy atom. The number of amides is 2. The molecule has 5 N–H and O–H groups in total. The lowest BCUT2D eigenvalue weighted by Gasteiger charge is -2.12. The SMILES string of the molecule is COCC(NCCNC(N)=O)C(=O)O. The molecule has 0 spiro atoms. The molecule has 0 saturated carbocycles. The van der Waals surface area contributed by atoms with E-state index in [1.165, 1.54) is 7.11 Å². The molecule has 0 rings (SSSR count). The first-order valence-corrected chi connectivity index (χ1v) is 4.06. The number of carbonyl (C=O) groups excluding carboxylic acids is 1. The van der Waals surface area contributed by atoms with E-state index in [9.17, 15) is 9.59 Å². The molecule has 0 heterocycles. The van der Waals surface area contributed by atoms with Gasteiger partial charge in [0, 0.05) is 20.2 Å². The summed E-state index contributed by atoms with van der Waals surface area (Å²) >= 11 is 0. The minimum atomic E-state index is -0.995. The Labute approximate surface area is 81.6 Å². The Morgan fingerprint density at radius 1 is 1.50 bits per heavy atom. The molecular weight excluding hydrogens is 190 g/mol. The van der Waals surface area contributed by atoms with E-state index in [4.69, 9.17) is 10.8 Å². The number of aliphatic carboxylic acids is 1. The number of urea groups is 1. The van der Waals surface area contributed by atoms with E-state index in [1.54, 1.807) is 0 Å². The number of carboxylic acid groups (broad SMARTS) is 1. The molecule has 7 nitrogen and oxygen atoms in total. The Hall–Kier alpha value is -1.34. The summed E-state index contributed by atoms with van der Waals surface area (Å²) in [4.78, 5) is 20.8. The van der Waals surface area contributed by atoms with Crippen molar-refractivity contribution >= 4 is 12.0 Å².